The molecule has 0 bridgehead atoms. The van der Waals surface area contributed by atoms with E-state index >= 15 is 0 Å². The Bertz CT molecular complexity index is 451. The average molecular weight is 288 g/mol. The van der Waals surface area contributed by atoms with Gasteiger partial charge in [-0.15, -0.1) is 0 Å². The molecule has 4 nitrogen and oxygen atoms in total. The van der Waals surface area contributed by atoms with Crippen molar-refractivity contribution >= 4 is 5.91 Å². The van der Waals surface area contributed by atoms with E-state index in [1.54, 1.807) is 0 Å². The van der Waals surface area contributed by atoms with Crippen LogP contribution in [0.4, 0.5) is 0 Å². The maximum Gasteiger partial charge on any atom is 0.236 e. The van der Waals surface area contributed by atoms with Crippen molar-refractivity contribution < 1.29 is 9.53 Å². The highest BCUT2D eigenvalue weighted by Crippen LogP contribution is 2.27. The number of piperidine rings is 1. The van der Waals surface area contributed by atoms with Crippen molar-refractivity contribution in [3.63, 3.8) is 0 Å². The van der Waals surface area contributed by atoms with E-state index in [1.807, 2.05) is 35.2 Å². The molecule has 1 N–H and O–H groups in total. The summed E-state index contributed by atoms with van der Waals surface area (Å²) in [5, 5.41) is 3.27. The van der Waals surface area contributed by atoms with Crippen LogP contribution < -0.4 is 10.1 Å². The van der Waals surface area contributed by atoms with Gasteiger partial charge in [-0.05, 0) is 37.4 Å². The molecule has 0 spiro atoms. The quantitative estimate of drug-likeness (QED) is 0.871. The number of hydrogen-bond donors (Lipinski definition) is 1. The second-order valence-electron chi connectivity index (χ2n) is 6.09. The highest BCUT2D eigenvalue weighted by Gasteiger charge is 2.25. The lowest BCUT2D eigenvalue weighted by Gasteiger charge is -2.32. The Morgan fingerprint density at radius 1 is 1.14 bits per heavy atom. The van der Waals surface area contributed by atoms with Crippen molar-refractivity contribution in [3.8, 4) is 5.75 Å². The standard InChI is InChI=1S/C17H24N2O2/c20-17(13-18-12-14-6-7-14)19-10-8-16(9-11-19)21-15-4-2-1-3-5-15/h1-5,14,16,18H,6-13H2. The van der Waals surface area contributed by atoms with Gasteiger partial charge in [0.15, 0.2) is 0 Å². The Labute approximate surface area is 126 Å². The zero-order valence-electron chi connectivity index (χ0n) is 12.5. The molecule has 2 aliphatic rings. The summed E-state index contributed by atoms with van der Waals surface area (Å²) >= 11 is 0. The first-order chi connectivity index (χ1) is 10.3. The fraction of sp³-hybridized carbons (Fsp3) is 0.588. The molecule has 0 atom stereocenters. The Morgan fingerprint density at radius 2 is 1.86 bits per heavy atom. The summed E-state index contributed by atoms with van der Waals surface area (Å²) in [6.45, 7) is 3.10. The first-order valence-corrected chi connectivity index (χ1v) is 8.01. The van der Waals surface area contributed by atoms with E-state index < -0.39 is 0 Å². The minimum absolute atomic E-state index is 0.230. The molecule has 1 aliphatic carbocycles. The van der Waals surface area contributed by atoms with Gasteiger partial charge in [-0.3, -0.25) is 4.79 Å². The molecule has 114 valence electrons. The number of benzene rings is 1. The fourth-order valence-electron chi connectivity index (χ4n) is 2.73. The number of likely N-dealkylation sites (tertiary alicyclic amines) is 1. The molecule has 1 saturated heterocycles. The van der Waals surface area contributed by atoms with Gasteiger partial charge in [0.05, 0.1) is 6.54 Å². The second kappa shape index (κ2) is 6.94. The number of ether oxygens (including phenoxy) is 1. The topological polar surface area (TPSA) is 41.6 Å². The van der Waals surface area contributed by atoms with E-state index in [4.69, 9.17) is 4.74 Å². The molecule has 1 aromatic rings. The predicted octanol–water partition coefficient (Wildman–Crippen LogP) is 2.06. The molecule has 3 rings (SSSR count). The van der Waals surface area contributed by atoms with Gasteiger partial charge in [-0.2, -0.15) is 0 Å². The van der Waals surface area contributed by atoms with Crippen molar-refractivity contribution in [2.45, 2.75) is 31.8 Å². The summed E-state index contributed by atoms with van der Waals surface area (Å²) in [6, 6.07) is 9.93. The van der Waals surface area contributed by atoms with E-state index in [9.17, 15) is 4.79 Å². The normalized spacial score (nSPS) is 19.5. The third-order valence-corrected chi connectivity index (χ3v) is 4.25. The molecule has 1 aromatic carbocycles. The summed E-state index contributed by atoms with van der Waals surface area (Å²) in [5.74, 6) is 1.98. The fourth-order valence-corrected chi connectivity index (χ4v) is 2.73. The number of amides is 1. The van der Waals surface area contributed by atoms with Crippen molar-refractivity contribution in [2.24, 2.45) is 5.92 Å². The SMILES string of the molecule is O=C(CNCC1CC1)N1CCC(Oc2ccccc2)CC1. The first-order valence-electron chi connectivity index (χ1n) is 8.01. The minimum atomic E-state index is 0.230. The van der Waals surface area contributed by atoms with Crippen LogP contribution in [0.2, 0.25) is 0 Å². The van der Waals surface area contributed by atoms with Gasteiger partial charge in [0.2, 0.25) is 5.91 Å². The zero-order valence-corrected chi connectivity index (χ0v) is 12.5. The summed E-state index contributed by atoms with van der Waals surface area (Å²) < 4.78 is 5.95. The molecular formula is C17H24N2O2. The van der Waals surface area contributed by atoms with Gasteiger partial charge in [0, 0.05) is 25.9 Å². The number of hydrogen-bond acceptors (Lipinski definition) is 3. The Kier molecular flexibility index (Phi) is 4.76. The molecule has 4 heteroatoms. The molecule has 1 aliphatic heterocycles. The van der Waals surface area contributed by atoms with Crippen LogP contribution in [0.5, 0.6) is 5.75 Å². The van der Waals surface area contributed by atoms with Gasteiger partial charge >= 0.3 is 0 Å². The highest BCUT2D eigenvalue weighted by molar-refractivity contribution is 5.78. The van der Waals surface area contributed by atoms with Gasteiger partial charge in [0.25, 0.3) is 0 Å². The Morgan fingerprint density at radius 3 is 2.52 bits per heavy atom. The summed E-state index contributed by atoms with van der Waals surface area (Å²) in [4.78, 5) is 14.1. The molecule has 1 heterocycles. The monoisotopic (exact) mass is 288 g/mol. The maximum atomic E-state index is 12.1. The molecule has 1 amide bonds. The molecule has 2 fully saturated rings. The summed E-state index contributed by atoms with van der Waals surface area (Å²) in [6.07, 6.45) is 4.72. The zero-order chi connectivity index (χ0) is 14.5. The summed E-state index contributed by atoms with van der Waals surface area (Å²) in [5.41, 5.74) is 0. The Balaban J connectivity index is 1.36. The highest BCUT2D eigenvalue weighted by atomic mass is 16.5. The minimum Gasteiger partial charge on any atom is -0.490 e. The predicted molar refractivity (Wildman–Crippen MR) is 82.3 cm³/mol. The van der Waals surface area contributed by atoms with Crippen molar-refractivity contribution in [1.29, 1.82) is 0 Å². The van der Waals surface area contributed by atoms with Crippen LogP contribution in [0, 0.1) is 5.92 Å². The first kappa shape index (κ1) is 14.4. The number of carbonyl (C=O) groups is 1. The molecule has 21 heavy (non-hydrogen) atoms. The molecule has 0 radical (unpaired) electrons. The summed E-state index contributed by atoms with van der Waals surface area (Å²) in [7, 11) is 0. The van der Waals surface area contributed by atoms with Crippen LogP contribution in [0.25, 0.3) is 0 Å². The molecular weight excluding hydrogens is 264 g/mol. The third kappa shape index (κ3) is 4.46. The van der Waals surface area contributed by atoms with Crippen LogP contribution in [0.1, 0.15) is 25.7 Å². The Hall–Kier alpha value is -1.55. The van der Waals surface area contributed by atoms with Crippen molar-refractivity contribution in [3.05, 3.63) is 30.3 Å². The number of nitrogens with zero attached hydrogens (tertiary/aromatic N) is 1. The van der Waals surface area contributed by atoms with Crippen molar-refractivity contribution in [1.82, 2.24) is 10.2 Å². The van der Waals surface area contributed by atoms with E-state index in [0.29, 0.717) is 6.54 Å². The largest absolute Gasteiger partial charge is 0.490 e. The van der Waals surface area contributed by atoms with Gasteiger partial charge in [0.1, 0.15) is 11.9 Å². The van der Waals surface area contributed by atoms with Crippen LogP contribution in [-0.2, 0) is 4.79 Å². The van der Waals surface area contributed by atoms with Crippen LogP contribution in [0.3, 0.4) is 0 Å². The van der Waals surface area contributed by atoms with Gasteiger partial charge < -0.3 is 15.0 Å². The van der Waals surface area contributed by atoms with Crippen LogP contribution in [0.15, 0.2) is 30.3 Å². The van der Waals surface area contributed by atoms with E-state index in [2.05, 4.69) is 5.32 Å². The van der Waals surface area contributed by atoms with Crippen molar-refractivity contribution in [2.75, 3.05) is 26.2 Å². The molecule has 0 unspecified atom stereocenters. The smallest absolute Gasteiger partial charge is 0.236 e. The van der Waals surface area contributed by atoms with Gasteiger partial charge in [-0.1, -0.05) is 18.2 Å². The number of rotatable bonds is 6. The number of nitrogens with one attached hydrogen (secondary N) is 1. The third-order valence-electron chi connectivity index (χ3n) is 4.25. The number of carbonyl (C=O) groups excluding carboxylic acids is 1. The lowest BCUT2D eigenvalue weighted by atomic mass is 10.1. The lowest BCUT2D eigenvalue weighted by Crippen LogP contribution is -2.45. The molecule has 1 saturated carbocycles. The maximum absolute atomic E-state index is 12.1. The van der Waals surface area contributed by atoms with Crippen LogP contribution in [-0.4, -0.2) is 43.1 Å². The second-order valence-corrected chi connectivity index (χ2v) is 6.09. The number of para-hydroxylation sites is 1. The van der Waals surface area contributed by atoms with E-state index in [0.717, 1.165) is 44.1 Å². The average Bonchev–Trinajstić information content (AvgIpc) is 3.33. The lowest BCUT2D eigenvalue weighted by molar-refractivity contribution is -0.132. The van der Waals surface area contributed by atoms with Gasteiger partial charge in [-0.25, -0.2) is 0 Å². The van der Waals surface area contributed by atoms with E-state index in [1.165, 1.54) is 12.8 Å². The van der Waals surface area contributed by atoms with E-state index in [-0.39, 0.29) is 12.0 Å². The molecule has 0 aromatic heterocycles. The van der Waals surface area contributed by atoms with Crippen LogP contribution >= 0.6 is 0 Å².